The second-order valence-corrected chi connectivity index (χ2v) is 17.9. The zero-order chi connectivity index (χ0) is 60.4. The third-order valence-corrected chi connectivity index (χ3v) is 11.5. The minimum atomic E-state index is 0.173. The first-order valence-corrected chi connectivity index (χ1v) is 26.2. The summed E-state index contributed by atoms with van der Waals surface area (Å²) in [7, 11) is 7.95. The molecular weight excluding hydrogens is 1070 g/mol. The average molecular weight is 1140 g/mol. The van der Waals surface area contributed by atoms with Gasteiger partial charge < -0.3 is 44.1 Å². The molecule has 85 heavy (non-hydrogen) atoms. The van der Waals surface area contributed by atoms with Gasteiger partial charge in [0.25, 0.3) is 0 Å². The summed E-state index contributed by atoms with van der Waals surface area (Å²) < 4.78 is 25.5. The van der Waals surface area contributed by atoms with Gasteiger partial charge in [0.2, 0.25) is 0 Å². The summed E-state index contributed by atoms with van der Waals surface area (Å²) in [6, 6.07) is 41.6. The minimum Gasteiger partial charge on any atom is -0.508 e. The molecule has 0 saturated heterocycles. The summed E-state index contributed by atoms with van der Waals surface area (Å²) in [6.45, 7) is 2.05. The van der Waals surface area contributed by atoms with Crippen molar-refractivity contribution in [2.75, 3.05) is 35.5 Å². The second kappa shape index (κ2) is 34.7. The molecule has 0 unspecified atom stereocenters. The molecule has 0 aliphatic carbocycles. The van der Waals surface area contributed by atoms with E-state index in [4.69, 9.17) is 23.7 Å². The van der Waals surface area contributed by atoms with E-state index in [1.54, 1.807) is 140 Å². The van der Waals surface area contributed by atoms with Crippen LogP contribution in [0.1, 0.15) is 61.5 Å². The van der Waals surface area contributed by atoms with Crippen molar-refractivity contribution in [3.63, 3.8) is 0 Å². The zero-order valence-corrected chi connectivity index (χ0v) is 47.8. The summed E-state index contributed by atoms with van der Waals surface area (Å²) in [6.07, 6.45) is 36.1. The molecule has 4 N–H and O–H groups in total. The van der Waals surface area contributed by atoms with Gasteiger partial charge in [-0.2, -0.15) is 0 Å². The van der Waals surface area contributed by atoms with E-state index < -0.39 is 0 Å². The smallest absolute Gasteiger partial charge is 0.123 e. The van der Waals surface area contributed by atoms with E-state index in [9.17, 15) is 20.4 Å². The Morgan fingerprint density at radius 3 is 1.14 bits per heavy atom. The van der Waals surface area contributed by atoms with Gasteiger partial charge in [0.15, 0.2) is 0 Å². The number of methoxy groups -OCH3 is 5. The fourth-order valence-electron chi connectivity index (χ4n) is 7.43. The zero-order valence-electron chi connectivity index (χ0n) is 47.8. The van der Waals surface area contributed by atoms with Crippen LogP contribution in [0.2, 0.25) is 0 Å². The number of nitrogens with zero attached hydrogens (tertiary/aromatic N) is 7. The molecule has 0 spiro atoms. The van der Waals surface area contributed by atoms with Crippen molar-refractivity contribution in [1.82, 2.24) is 34.9 Å². The molecule has 0 aliphatic heterocycles. The molecule has 10 rings (SSSR count). The van der Waals surface area contributed by atoms with Gasteiger partial charge in [0, 0.05) is 79.4 Å². The quantitative estimate of drug-likeness (QED) is 0.0750. The highest BCUT2D eigenvalue weighted by Gasteiger charge is 2.02. The number of benzene rings is 5. The van der Waals surface area contributed by atoms with Crippen molar-refractivity contribution in [3.05, 3.63) is 263 Å². The Labute approximate surface area is 495 Å². The number of aromatic nitrogens is 7. The van der Waals surface area contributed by atoms with Gasteiger partial charge in [-0.15, -0.1) is 0 Å². The van der Waals surface area contributed by atoms with E-state index >= 15 is 0 Å². The molecule has 0 amide bonds. The van der Waals surface area contributed by atoms with Crippen molar-refractivity contribution in [2.24, 2.45) is 0 Å². The fraction of sp³-hybridized carbons (Fsp3) is 0.0870. The van der Waals surface area contributed by atoms with E-state index in [2.05, 4.69) is 41.0 Å². The molecule has 0 aliphatic rings. The average Bonchev–Trinajstić information content (AvgIpc) is 3.54. The van der Waals surface area contributed by atoms with Crippen LogP contribution in [-0.2, 0) is 0 Å². The summed E-state index contributed by atoms with van der Waals surface area (Å²) in [5, 5.41) is 38.0. The van der Waals surface area contributed by atoms with Gasteiger partial charge in [-0.3, -0.25) is 15.0 Å². The molecule has 0 saturated carbocycles. The largest absolute Gasteiger partial charge is 0.508 e. The van der Waals surface area contributed by atoms with Crippen LogP contribution in [0.4, 0.5) is 0 Å². The van der Waals surface area contributed by atoms with E-state index in [0.717, 1.165) is 61.6 Å². The predicted octanol–water partition coefficient (Wildman–Crippen LogP) is 14.2. The Kier molecular flexibility index (Phi) is 25.6. The number of hydrogen-bond acceptors (Lipinski definition) is 16. The lowest BCUT2D eigenvalue weighted by molar-refractivity contribution is 0.407. The van der Waals surface area contributed by atoms with Crippen LogP contribution in [0.3, 0.4) is 0 Å². The molecule has 0 fully saturated rings. The monoisotopic (exact) mass is 1140 g/mol. The summed E-state index contributed by atoms with van der Waals surface area (Å²) in [5.74, 6) is 4.13. The third-order valence-electron chi connectivity index (χ3n) is 11.5. The van der Waals surface area contributed by atoms with Crippen molar-refractivity contribution in [2.45, 2.75) is 6.92 Å². The second-order valence-electron chi connectivity index (χ2n) is 17.9. The molecule has 5 aromatic carbocycles. The summed E-state index contributed by atoms with van der Waals surface area (Å²) in [4.78, 5) is 28.0. The van der Waals surface area contributed by atoms with Crippen molar-refractivity contribution in [1.29, 1.82) is 0 Å². The van der Waals surface area contributed by atoms with E-state index in [0.29, 0.717) is 23.0 Å². The molecule has 5 heterocycles. The normalized spacial score (nSPS) is 10.7. The lowest BCUT2D eigenvalue weighted by Crippen LogP contribution is -1.85. The number of pyridine rings is 3. The van der Waals surface area contributed by atoms with Gasteiger partial charge in [0.1, 0.15) is 64.4 Å². The summed E-state index contributed by atoms with van der Waals surface area (Å²) in [5.41, 5.74) is 10.5. The van der Waals surface area contributed by atoms with Crippen LogP contribution < -0.4 is 23.7 Å². The fourth-order valence-corrected chi connectivity index (χ4v) is 7.43. The van der Waals surface area contributed by atoms with Crippen LogP contribution in [0.25, 0.3) is 60.8 Å². The Bertz CT molecular complexity index is 3180. The molecule has 0 atom stereocenters. The Morgan fingerprint density at radius 1 is 0.294 bits per heavy atom. The molecular formula is C69H65N7O9. The maximum absolute atomic E-state index is 9.50. The Morgan fingerprint density at radius 2 is 0.706 bits per heavy atom. The SMILES string of the molecule is COc1cc(C)cc(/C=C/c2cncnc2)c1.COc1cc(O)cc(/C=C/c2ccccn2)c1.COc1cc(O)cc(/C=C/c2cccnc2)c1.COc1cc(O)cc(/C=C/c2ccncc2)c1.COc1cc(O)cc(/C=C/c2ccncn2)c1. The highest BCUT2D eigenvalue weighted by molar-refractivity contribution is 5.73. The van der Waals surface area contributed by atoms with Crippen LogP contribution in [0, 0.1) is 6.92 Å². The lowest BCUT2D eigenvalue weighted by Gasteiger charge is -2.03. The number of phenols is 4. The van der Waals surface area contributed by atoms with Crippen molar-refractivity contribution >= 4 is 60.8 Å². The molecule has 10 aromatic rings. The molecule has 0 bridgehead atoms. The first-order valence-electron chi connectivity index (χ1n) is 26.2. The number of rotatable bonds is 15. The molecule has 5 aromatic heterocycles. The maximum Gasteiger partial charge on any atom is 0.123 e. The maximum atomic E-state index is 9.50. The number of aryl methyl sites for hydroxylation is 1. The standard InChI is InChI=1S/C14H14N2O.3C14H13NO2.C13H12N2O2/c1-11-5-12(7-14(6-11)17-2)3-4-13-8-15-10-16-9-13;1-17-14-9-12(8-13(16)10-14)3-2-11-4-6-15-7-5-11;1-17-14-8-12(7-13(16)9-14)5-4-11-3-2-6-15-10-11;1-17-14-9-11(8-13(16)10-14)5-6-12-4-2-3-7-15-12;1-17-13-7-10(6-12(16)8-13)2-3-11-4-5-14-9-15-11/h3-10H,1-2H3;3*2-10,16H,1H3;2-9,16H,1H3/b4-3+;3-2+;5-4+;6-5+;3-2+. The molecule has 430 valence electrons. The van der Waals surface area contributed by atoms with Gasteiger partial charge in [-0.1, -0.05) is 66.8 Å². The third kappa shape index (κ3) is 23.7. The van der Waals surface area contributed by atoms with E-state index in [-0.39, 0.29) is 23.0 Å². The number of ether oxygens (including phenoxy) is 5. The molecule has 16 nitrogen and oxygen atoms in total. The van der Waals surface area contributed by atoms with Crippen LogP contribution >= 0.6 is 0 Å². The van der Waals surface area contributed by atoms with Crippen LogP contribution in [-0.4, -0.2) is 90.9 Å². The number of aromatic hydroxyl groups is 4. The van der Waals surface area contributed by atoms with Gasteiger partial charge in [-0.25, -0.2) is 19.9 Å². The van der Waals surface area contributed by atoms with E-state index in [1.807, 2.05) is 147 Å². The Hall–Kier alpha value is -11.4. The van der Waals surface area contributed by atoms with Crippen molar-refractivity contribution < 1.29 is 44.1 Å². The Balaban J connectivity index is 0.000000170. The van der Waals surface area contributed by atoms with Gasteiger partial charge >= 0.3 is 0 Å². The van der Waals surface area contributed by atoms with Gasteiger partial charge in [0.05, 0.1) is 46.9 Å². The van der Waals surface area contributed by atoms with Crippen LogP contribution in [0.15, 0.2) is 202 Å². The minimum absolute atomic E-state index is 0.173. The van der Waals surface area contributed by atoms with Gasteiger partial charge in [-0.05, 0) is 161 Å². The highest BCUT2D eigenvalue weighted by Crippen LogP contribution is 2.26. The van der Waals surface area contributed by atoms with Crippen molar-refractivity contribution in [3.8, 4) is 51.7 Å². The predicted molar refractivity (Wildman–Crippen MR) is 338 cm³/mol. The topological polar surface area (TPSA) is 217 Å². The summed E-state index contributed by atoms with van der Waals surface area (Å²) >= 11 is 0. The molecule has 0 radical (unpaired) electrons. The first-order chi connectivity index (χ1) is 41.4. The first kappa shape index (κ1) is 62.8. The number of phenolic OH excluding ortho intramolecular Hbond substituents is 4. The van der Waals surface area contributed by atoms with Crippen LogP contribution in [0.5, 0.6) is 51.7 Å². The lowest BCUT2D eigenvalue weighted by atomic mass is 10.1. The number of hydrogen-bond donors (Lipinski definition) is 4. The molecule has 16 heteroatoms. The van der Waals surface area contributed by atoms with E-state index in [1.165, 1.54) is 18.2 Å². The highest BCUT2D eigenvalue weighted by atomic mass is 16.5.